The molecule has 2 aromatic carbocycles. The molecule has 0 aliphatic carbocycles. The SMILES string of the molecule is CC(C)c1ccc(NC(=S)NNC(=O)c2ccc(-c3ccc(Cl)c(C(F)(F)F)c3)o2)cc1. The summed E-state index contributed by atoms with van der Waals surface area (Å²) in [6.45, 7) is 4.18. The molecule has 1 aromatic heterocycles. The van der Waals surface area contributed by atoms with Crippen molar-refractivity contribution in [3.8, 4) is 11.3 Å². The van der Waals surface area contributed by atoms with Crippen molar-refractivity contribution in [1.82, 2.24) is 10.9 Å². The lowest BCUT2D eigenvalue weighted by Crippen LogP contribution is -2.43. The van der Waals surface area contributed by atoms with E-state index < -0.39 is 22.7 Å². The topological polar surface area (TPSA) is 66.3 Å². The molecule has 0 bridgehead atoms. The molecule has 3 aromatic rings. The number of hydrogen-bond acceptors (Lipinski definition) is 3. The number of anilines is 1. The average Bonchev–Trinajstić information content (AvgIpc) is 3.22. The zero-order chi connectivity index (χ0) is 23.5. The Morgan fingerprint density at radius 2 is 1.72 bits per heavy atom. The zero-order valence-electron chi connectivity index (χ0n) is 17.0. The molecule has 1 amide bonds. The average molecular weight is 482 g/mol. The fourth-order valence-corrected chi connectivity index (χ4v) is 3.19. The quantitative estimate of drug-likeness (QED) is 0.298. The zero-order valence-corrected chi connectivity index (χ0v) is 18.6. The van der Waals surface area contributed by atoms with E-state index in [1.807, 2.05) is 24.3 Å². The highest BCUT2D eigenvalue weighted by Crippen LogP contribution is 2.37. The van der Waals surface area contributed by atoms with Crippen LogP contribution in [0.25, 0.3) is 11.3 Å². The van der Waals surface area contributed by atoms with E-state index >= 15 is 0 Å². The Balaban J connectivity index is 1.61. The first-order valence-electron chi connectivity index (χ1n) is 9.49. The van der Waals surface area contributed by atoms with Crippen molar-refractivity contribution < 1.29 is 22.4 Å². The molecule has 0 saturated carbocycles. The Bertz CT molecular complexity index is 1130. The maximum Gasteiger partial charge on any atom is 0.417 e. The molecule has 10 heteroatoms. The second-order valence-corrected chi connectivity index (χ2v) is 7.98. The van der Waals surface area contributed by atoms with E-state index in [9.17, 15) is 18.0 Å². The Labute approximate surface area is 192 Å². The predicted molar refractivity (Wildman–Crippen MR) is 122 cm³/mol. The summed E-state index contributed by atoms with van der Waals surface area (Å²) in [5.41, 5.74) is 5.99. The van der Waals surface area contributed by atoms with Gasteiger partial charge in [-0.2, -0.15) is 13.2 Å². The highest BCUT2D eigenvalue weighted by molar-refractivity contribution is 7.80. The Morgan fingerprint density at radius 3 is 2.34 bits per heavy atom. The van der Waals surface area contributed by atoms with Gasteiger partial charge < -0.3 is 9.73 Å². The van der Waals surface area contributed by atoms with Crippen LogP contribution in [0.4, 0.5) is 18.9 Å². The van der Waals surface area contributed by atoms with Gasteiger partial charge in [-0.25, -0.2) is 0 Å². The summed E-state index contributed by atoms with van der Waals surface area (Å²) in [4.78, 5) is 12.3. The van der Waals surface area contributed by atoms with Gasteiger partial charge in [0.25, 0.3) is 0 Å². The fourth-order valence-electron chi connectivity index (χ4n) is 2.80. The van der Waals surface area contributed by atoms with Gasteiger partial charge in [0, 0.05) is 11.3 Å². The van der Waals surface area contributed by atoms with E-state index in [1.165, 1.54) is 23.8 Å². The normalized spacial score (nSPS) is 11.3. The molecule has 5 nitrogen and oxygen atoms in total. The summed E-state index contributed by atoms with van der Waals surface area (Å²) < 4.78 is 44.6. The van der Waals surface area contributed by atoms with Crippen LogP contribution in [0.5, 0.6) is 0 Å². The molecule has 0 aliphatic rings. The van der Waals surface area contributed by atoms with Crippen LogP contribution in [0.15, 0.2) is 59.0 Å². The lowest BCUT2D eigenvalue weighted by molar-refractivity contribution is -0.137. The van der Waals surface area contributed by atoms with Crippen molar-refractivity contribution in [2.24, 2.45) is 0 Å². The van der Waals surface area contributed by atoms with E-state index in [4.69, 9.17) is 28.2 Å². The molecule has 0 radical (unpaired) electrons. The second kappa shape index (κ2) is 9.62. The lowest BCUT2D eigenvalue weighted by atomic mass is 10.0. The second-order valence-electron chi connectivity index (χ2n) is 7.17. The number of furan rings is 1. The van der Waals surface area contributed by atoms with Gasteiger partial charge in [0.2, 0.25) is 0 Å². The smallest absolute Gasteiger partial charge is 0.417 e. The minimum absolute atomic E-state index is 0.0864. The number of amides is 1. The molecule has 3 N–H and O–H groups in total. The number of benzene rings is 2. The molecule has 0 aliphatic heterocycles. The van der Waals surface area contributed by atoms with Gasteiger partial charge in [-0.3, -0.25) is 15.6 Å². The fraction of sp³-hybridized carbons (Fsp3) is 0.182. The minimum atomic E-state index is -4.61. The van der Waals surface area contributed by atoms with Crippen LogP contribution in [0.2, 0.25) is 5.02 Å². The summed E-state index contributed by atoms with van der Waals surface area (Å²) >= 11 is 10.8. The molecule has 0 unspecified atom stereocenters. The van der Waals surface area contributed by atoms with Gasteiger partial charge >= 0.3 is 12.1 Å². The third-order valence-electron chi connectivity index (χ3n) is 4.51. The first kappa shape index (κ1) is 23.6. The maximum atomic E-state index is 13.1. The lowest BCUT2D eigenvalue weighted by Gasteiger charge is -2.12. The monoisotopic (exact) mass is 481 g/mol. The Kier molecular flexibility index (Phi) is 7.10. The van der Waals surface area contributed by atoms with Crippen molar-refractivity contribution in [2.75, 3.05) is 5.32 Å². The van der Waals surface area contributed by atoms with E-state index in [1.54, 1.807) is 0 Å². The molecule has 3 rings (SSSR count). The van der Waals surface area contributed by atoms with Gasteiger partial charge in [0.05, 0.1) is 10.6 Å². The van der Waals surface area contributed by atoms with Crippen molar-refractivity contribution in [1.29, 1.82) is 0 Å². The molecular weight excluding hydrogens is 463 g/mol. The van der Waals surface area contributed by atoms with E-state index in [2.05, 4.69) is 30.0 Å². The van der Waals surface area contributed by atoms with E-state index in [0.29, 0.717) is 5.92 Å². The predicted octanol–water partition coefficient (Wildman–Crippen LogP) is 6.37. The van der Waals surface area contributed by atoms with Crippen molar-refractivity contribution in [3.05, 3.63) is 76.5 Å². The summed E-state index contributed by atoms with van der Waals surface area (Å²) in [5, 5.41) is 2.65. The van der Waals surface area contributed by atoms with Crippen LogP contribution >= 0.6 is 23.8 Å². The summed E-state index contributed by atoms with van der Waals surface area (Å²) in [7, 11) is 0. The number of thiocarbonyl (C=S) groups is 1. The molecule has 0 spiro atoms. The third-order valence-corrected chi connectivity index (χ3v) is 5.04. The number of halogens is 4. The van der Waals surface area contributed by atoms with Gasteiger partial charge in [0.15, 0.2) is 10.9 Å². The Morgan fingerprint density at radius 1 is 1.03 bits per heavy atom. The van der Waals surface area contributed by atoms with Crippen LogP contribution in [0.1, 0.15) is 41.4 Å². The largest absolute Gasteiger partial charge is 0.451 e. The Hall–Kier alpha value is -3.04. The van der Waals surface area contributed by atoms with Crippen LogP contribution in [-0.2, 0) is 6.18 Å². The van der Waals surface area contributed by atoms with Crippen LogP contribution in [0, 0.1) is 0 Å². The molecule has 0 atom stereocenters. The summed E-state index contributed by atoms with van der Waals surface area (Å²) in [6.07, 6.45) is -4.61. The van der Waals surface area contributed by atoms with Gasteiger partial charge in [-0.15, -0.1) is 0 Å². The number of hydrazine groups is 1. The first-order valence-corrected chi connectivity index (χ1v) is 10.3. The highest BCUT2D eigenvalue weighted by Gasteiger charge is 2.33. The van der Waals surface area contributed by atoms with Crippen LogP contribution < -0.4 is 16.2 Å². The number of hydrogen-bond donors (Lipinski definition) is 3. The molecule has 32 heavy (non-hydrogen) atoms. The molecule has 168 valence electrons. The van der Waals surface area contributed by atoms with E-state index in [-0.39, 0.29) is 22.2 Å². The van der Waals surface area contributed by atoms with Crippen LogP contribution in [-0.4, -0.2) is 11.0 Å². The molecule has 1 heterocycles. The first-order chi connectivity index (χ1) is 15.0. The number of nitrogens with one attached hydrogen (secondary N) is 3. The number of rotatable bonds is 4. The van der Waals surface area contributed by atoms with Crippen molar-refractivity contribution in [2.45, 2.75) is 25.9 Å². The molecular formula is C22H19ClF3N3O2S. The summed E-state index contributed by atoms with van der Waals surface area (Å²) in [6, 6.07) is 13.8. The standard InChI is InChI=1S/C22H19ClF3N3O2S/c1-12(2)13-3-6-15(7-4-13)27-21(32)29-28-20(30)19-10-9-18(31-19)14-5-8-17(23)16(11-14)22(24,25)26/h3-12H,1-2H3,(H,28,30)(H2,27,29,32). The van der Waals surface area contributed by atoms with Crippen molar-refractivity contribution in [3.63, 3.8) is 0 Å². The van der Waals surface area contributed by atoms with E-state index in [0.717, 1.165) is 17.8 Å². The van der Waals surface area contributed by atoms with Crippen molar-refractivity contribution >= 4 is 40.5 Å². The van der Waals surface area contributed by atoms with Crippen LogP contribution in [0.3, 0.4) is 0 Å². The third kappa shape index (κ3) is 5.80. The summed E-state index contributed by atoms with van der Waals surface area (Å²) in [5.74, 6) is -0.275. The minimum Gasteiger partial charge on any atom is -0.451 e. The van der Waals surface area contributed by atoms with Gasteiger partial charge in [-0.1, -0.05) is 37.6 Å². The highest BCUT2D eigenvalue weighted by atomic mass is 35.5. The number of carbonyl (C=O) groups is 1. The van der Waals surface area contributed by atoms with Gasteiger partial charge in [-0.05, 0) is 66.2 Å². The molecule has 0 saturated heterocycles. The number of alkyl halides is 3. The number of carbonyl (C=O) groups excluding carboxylic acids is 1. The maximum absolute atomic E-state index is 13.1. The van der Waals surface area contributed by atoms with Gasteiger partial charge in [0.1, 0.15) is 5.76 Å². The molecule has 0 fully saturated rings.